The zero-order valence-electron chi connectivity index (χ0n) is 35.7. The molecule has 0 N–H and O–H groups in total. The predicted octanol–water partition coefficient (Wildman–Crippen LogP) is 10.1. The van der Waals surface area contributed by atoms with Crippen LogP contribution in [0.25, 0.3) is 11.1 Å². The van der Waals surface area contributed by atoms with Crippen LogP contribution in [0.4, 0.5) is 12.9 Å². The first-order valence-corrected chi connectivity index (χ1v) is 21.7. The molecule has 0 aliphatic heterocycles. The molecule has 0 saturated heterocycles. The number of ether oxygens (including phenoxy) is 5. The third kappa shape index (κ3) is 10.8. The highest BCUT2D eigenvalue weighted by Crippen LogP contribution is 2.74. The van der Waals surface area contributed by atoms with Gasteiger partial charge in [0.25, 0.3) is 0 Å². The first-order valence-electron chi connectivity index (χ1n) is 20.0. The van der Waals surface area contributed by atoms with Crippen molar-refractivity contribution in [2.75, 3.05) is 41.7 Å². The van der Waals surface area contributed by atoms with E-state index in [4.69, 9.17) is 23.7 Å². The molecule has 2 aromatic carbocycles. The molecule has 310 valence electrons. The molecule has 0 radical (unpaired) electrons. The topological polar surface area (TPSA) is 46.2 Å². The number of hydrogen-bond donors (Lipinski definition) is 0. The van der Waals surface area contributed by atoms with Crippen LogP contribution >= 0.6 is 7.92 Å². The Morgan fingerprint density at radius 1 is 0.655 bits per heavy atom. The Hall–Kier alpha value is -2.71. The highest BCUT2D eigenvalue weighted by atomic mass is 31.1. The molecule has 0 heterocycles. The van der Waals surface area contributed by atoms with Crippen LogP contribution < -0.4 is 23.7 Å². The van der Waals surface area contributed by atoms with Crippen molar-refractivity contribution in [3.05, 3.63) is 57.7 Å². The predicted molar refractivity (Wildman–Crippen MR) is 225 cm³/mol. The van der Waals surface area contributed by atoms with E-state index < -0.39 is 15.5 Å². The second kappa shape index (κ2) is 22.9. The van der Waals surface area contributed by atoms with E-state index in [9.17, 15) is 12.9 Å². The van der Waals surface area contributed by atoms with E-state index in [0.717, 1.165) is 47.5 Å². The van der Waals surface area contributed by atoms with Crippen molar-refractivity contribution >= 4 is 26.6 Å². The molecule has 2 atom stereocenters. The molecule has 2 unspecified atom stereocenters. The molecule has 2 fully saturated rings. The summed E-state index contributed by atoms with van der Waals surface area (Å²) in [5, 5.41) is 0.147. The third-order valence-corrected chi connectivity index (χ3v) is 17.2. The Bertz CT molecular complexity index is 1550. The number of fused-ring (bicyclic) bond motifs is 2. The van der Waals surface area contributed by atoms with Crippen molar-refractivity contribution in [2.45, 2.75) is 142 Å². The Balaban J connectivity index is 0.000000337. The minimum Gasteiger partial charge on any atom is -1.00 e. The van der Waals surface area contributed by atoms with E-state index in [-0.39, 0.29) is 9.86 Å². The van der Waals surface area contributed by atoms with E-state index in [2.05, 4.69) is 53.7 Å². The number of rotatable bonds is 9. The van der Waals surface area contributed by atoms with Crippen molar-refractivity contribution in [3.8, 4) is 23.0 Å². The van der Waals surface area contributed by atoms with E-state index >= 15 is 0 Å². The van der Waals surface area contributed by atoms with Gasteiger partial charge in [0.15, 0.2) is 0 Å². The van der Waals surface area contributed by atoms with Gasteiger partial charge in [0.2, 0.25) is 0 Å². The quantitative estimate of drug-likeness (QED) is 0.144. The number of allylic oxidation sites excluding steroid dienone is 4. The molecule has 11 heteroatoms. The fourth-order valence-electron chi connectivity index (χ4n) is 9.55. The second-order valence-electron chi connectivity index (χ2n) is 15.0. The Morgan fingerprint density at radius 2 is 1.05 bits per heavy atom. The zero-order valence-corrected chi connectivity index (χ0v) is 36.7. The van der Waals surface area contributed by atoms with Gasteiger partial charge in [0, 0.05) is 43.7 Å². The minimum absolute atomic E-state index is 0. The monoisotopic (exact) mass is 794 g/mol. The second-order valence-corrected chi connectivity index (χ2v) is 18.6. The maximum Gasteiger partial charge on any atom is 0.762 e. The lowest BCUT2D eigenvalue weighted by atomic mass is 9.95. The fourth-order valence-corrected chi connectivity index (χ4v) is 15.1. The van der Waals surface area contributed by atoms with Crippen molar-refractivity contribution in [1.29, 1.82) is 0 Å². The summed E-state index contributed by atoms with van der Waals surface area (Å²) in [6, 6.07) is 8.23. The number of methoxy groups -OCH3 is 4. The lowest BCUT2D eigenvalue weighted by Gasteiger charge is -2.42. The zero-order chi connectivity index (χ0) is 40.2. The normalized spacial score (nSPS) is 20.5. The van der Waals surface area contributed by atoms with Crippen molar-refractivity contribution in [1.82, 2.24) is 0 Å². The maximum absolute atomic E-state index is 9.67. The standard InChI is InChI=1S/C26H39O2P.C14H18O2.C4H10O.BF3.FH/c1-18-19(2)26(3,25-23(28-5)17-16-22(27-4)24(18)25)29(20-12-8-6-9-13-20)21-14-10-7-11-15-21;1-8-9(2)13-11(15-4)6-7-12(16-5)14(13)10(8)3;1-3-5-4-2;2-1(3)4;/h16-17,20-21H,6-15H2,1-5H3;6-7,9H,1-5H3;3-4H2,1-2H3;;1H. The summed E-state index contributed by atoms with van der Waals surface area (Å²) in [4.78, 5) is 0. The van der Waals surface area contributed by atoms with Gasteiger partial charge in [0.1, 0.15) is 28.2 Å². The summed E-state index contributed by atoms with van der Waals surface area (Å²) in [5.74, 6) is 4.42. The van der Waals surface area contributed by atoms with Crippen LogP contribution in [0.15, 0.2) is 35.4 Å². The summed E-state index contributed by atoms with van der Waals surface area (Å²) in [7, 11) is 2.76. The molecule has 6 rings (SSSR count). The van der Waals surface area contributed by atoms with Gasteiger partial charge in [-0.2, -0.15) is 0 Å². The van der Waals surface area contributed by atoms with Crippen LogP contribution in [0.2, 0.25) is 0 Å². The minimum atomic E-state index is -3.67. The van der Waals surface area contributed by atoms with Gasteiger partial charge in [0.05, 0.1) is 45.3 Å². The maximum atomic E-state index is 9.67. The Morgan fingerprint density at radius 3 is 1.45 bits per heavy atom. The summed E-state index contributed by atoms with van der Waals surface area (Å²) in [5.41, 5.74) is 12.9. The lowest BCUT2D eigenvalue weighted by Crippen LogP contribution is -3.00. The first-order chi connectivity index (χ1) is 25.8. The van der Waals surface area contributed by atoms with E-state index in [1.165, 1.54) is 103 Å². The van der Waals surface area contributed by atoms with Gasteiger partial charge in [-0.05, 0) is 141 Å². The van der Waals surface area contributed by atoms with Crippen LogP contribution in [0.1, 0.15) is 148 Å². The molecule has 0 spiro atoms. The first kappa shape index (κ1) is 48.4. The van der Waals surface area contributed by atoms with Gasteiger partial charge in [-0.1, -0.05) is 25.3 Å². The van der Waals surface area contributed by atoms with Crippen LogP contribution in [0.5, 0.6) is 23.0 Å². The Kier molecular flexibility index (Phi) is 20.2. The third-order valence-electron chi connectivity index (χ3n) is 12.5. The lowest BCUT2D eigenvalue weighted by molar-refractivity contribution is -0.0000163. The Labute approximate surface area is 331 Å². The molecule has 0 aromatic heterocycles. The van der Waals surface area contributed by atoms with E-state index in [1.807, 2.05) is 40.2 Å². The molecule has 0 bridgehead atoms. The molecular weight excluding hydrogens is 726 g/mol. The highest BCUT2D eigenvalue weighted by Gasteiger charge is 2.57. The molecule has 4 aliphatic rings. The summed E-state index contributed by atoms with van der Waals surface area (Å²) >= 11 is 0. The largest absolute Gasteiger partial charge is 1.00 e. The average molecular weight is 795 g/mol. The van der Waals surface area contributed by atoms with Gasteiger partial charge in [-0.3, -0.25) is 12.9 Å². The summed E-state index contributed by atoms with van der Waals surface area (Å²) < 4.78 is 56.6. The summed E-state index contributed by atoms with van der Waals surface area (Å²) in [6.45, 7) is 19.6. The average Bonchev–Trinajstić information content (AvgIpc) is 3.53. The molecular formula is C44H68BF4O5P. The van der Waals surface area contributed by atoms with Gasteiger partial charge < -0.3 is 28.4 Å². The van der Waals surface area contributed by atoms with E-state index in [0.29, 0.717) is 5.92 Å². The molecule has 55 heavy (non-hydrogen) atoms. The number of halogens is 4. The molecule has 2 saturated carbocycles. The van der Waals surface area contributed by atoms with Gasteiger partial charge in [-0.15, -0.1) is 0 Å². The van der Waals surface area contributed by atoms with Crippen LogP contribution in [-0.4, -0.2) is 60.5 Å². The molecule has 2 aromatic rings. The van der Waals surface area contributed by atoms with Gasteiger partial charge >= 0.3 is 7.54 Å². The SMILES string of the molecule is CCOCC.COc1ccc(OC)c2c1C(C)=C(C)C2(C)[PH+](C1CCCCC1)C1CCCCC1.COc1ccc(OC)c2c1C(C)=C(C)C2C.FB(F)F.[F-]. The fraction of sp³-hybridized carbons (Fsp3) is 0.636. The number of benzene rings is 2. The van der Waals surface area contributed by atoms with E-state index in [1.54, 1.807) is 19.8 Å². The van der Waals surface area contributed by atoms with Gasteiger partial charge in [-0.25, -0.2) is 0 Å². The van der Waals surface area contributed by atoms with Crippen molar-refractivity contribution in [2.24, 2.45) is 0 Å². The van der Waals surface area contributed by atoms with Crippen LogP contribution in [0.3, 0.4) is 0 Å². The molecule has 5 nitrogen and oxygen atoms in total. The summed E-state index contributed by atoms with van der Waals surface area (Å²) in [6.07, 6.45) is 14.4. The van der Waals surface area contributed by atoms with Crippen molar-refractivity contribution < 1.29 is 41.3 Å². The number of hydrogen-bond acceptors (Lipinski definition) is 5. The smallest absolute Gasteiger partial charge is 0.762 e. The van der Waals surface area contributed by atoms with Crippen molar-refractivity contribution in [3.63, 3.8) is 0 Å². The van der Waals surface area contributed by atoms with Crippen LogP contribution in [-0.2, 0) is 9.89 Å². The molecule has 0 amide bonds. The van der Waals surface area contributed by atoms with Crippen LogP contribution in [0, 0.1) is 0 Å². The highest BCUT2D eigenvalue weighted by molar-refractivity contribution is 7.60. The molecule has 4 aliphatic carbocycles.